The Morgan fingerprint density at radius 2 is 2.09 bits per heavy atom. The quantitative estimate of drug-likeness (QED) is 0.288. The molecule has 0 aliphatic carbocycles. The number of aliphatic imine (C=N–C) groups is 1. The smallest absolute Gasteiger partial charge is 0.219 e. The number of halogens is 1. The summed E-state index contributed by atoms with van der Waals surface area (Å²) < 4.78 is 13.7. The summed E-state index contributed by atoms with van der Waals surface area (Å²) in [6, 6.07) is 9.98. The topological polar surface area (TPSA) is 76.8 Å². The van der Waals surface area contributed by atoms with Crippen LogP contribution in [0.25, 0.3) is 0 Å². The van der Waals surface area contributed by atoms with Crippen molar-refractivity contribution in [1.82, 2.24) is 25.0 Å². The van der Waals surface area contributed by atoms with E-state index in [1.165, 1.54) is 11.1 Å². The summed E-state index contributed by atoms with van der Waals surface area (Å²) in [5, 5.41) is 7.72. The van der Waals surface area contributed by atoms with Gasteiger partial charge in [-0.2, -0.15) is 5.10 Å². The number of nitrogens with one attached hydrogen (secondary N) is 1. The minimum Gasteiger partial charge on any atom is -0.439 e. The van der Waals surface area contributed by atoms with Crippen molar-refractivity contribution in [3.63, 3.8) is 0 Å². The standard InChI is InChI=1S/C24H30N6O2.HI/c1-17-5-6-21(11-18(17)2)32-23-12-19(7-8-26-23)13-27-24(25-3)30-9-10-31-22(16-30)20-14-28-29(4)15-20;/h5-8,11-12,14-15,22H,9-10,13,16H2,1-4H3,(H,25,27);1H. The third-order valence-electron chi connectivity index (χ3n) is 5.63. The number of hydrogen-bond donors (Lipinski definition) is 1. The Hall–Kier alpha value is -2.66. The van der Waals surface area contributed by atoms with E-state index in [1.807, 2.05) is 43.7 Å². The van der Waals surface area contributed by atoms with Crippen molar-refractivity contribution < 1.29 is 9.47 Å². The van der Waals surface area contributed by atoms with E-state index >= 15 is 0 Å². The number of morpholine rings is 1. The number of nitrogens with zero attached hydrogens (tertiary/aromatic N) is 5. The zero-order valence-electron chi connectivity index (χ0n) is 19.5. The van der Waals surface area contributed by atoms with Crippen LogP contribution in [0.4, 0.5) is 0 Å². The minimum atomic E-state index is -0.0186. The molecule has 1 unspecified atom stereocenters. The average molecular weight is 562 g/mol. The van der Waals surface area contributed by atoms with Gasteiger partial charge in [0.1, 0.15) is 11.9 Å². The lowest BCUT2D eigenvalue weighted by atomic mass is 10.1. The summed E-state index contributed by atoms with van der Waals surface area (Å²) in [5.74, 6) is 2.21. The van der Waals surface area contributed by atoms with Crippen molar-refractivity contribution in [1.29, 1.82) is 0 Å². The van der Waals surface area contributed by atoms with Crippen molar-refractivity contribution >= 4 is 29.9 Å². The van der Waals surface area contributed by atoms with E-state index in [-0.39, 0.29) is 30.1 Å². The van der Waals surface area contributed by atoms with Crippen LogP contribution in [-0.4, -0.2) is 52.4 Å². The first-order valence-corrected chi connectivity index (χ1v) is 10.8. The molecular formula is C24H31IN6O2. The molecular weight excluding hydrogens is 531 g/mol. The maximum atomic E-state index is 5.97. The molecule has 33 heavy (non-hydrogen) atoms. The number of aromatic nitrogens is 3. The van der Waals surface area contributed by atoms with Gasteiger partial charge in [0.25, 0.3) is 0 Å². The largest absolute Gasteiger partial charge is 0.439 e. The van der Waals surface area contributed by atoms with Gasteiger partial charge in [0, 0.05) is 51.2 Å². The van der Waals surface area contributed by atoms with E-state index < -0.39 is 0 Å². The van der Waals surface area contributed by atoms with E-state index in [1.54, 1.807) is 17.9 Å². The van der Waals surface area contributed by atoms with Crippen LogP contribution in [0.1, 0.15) is 28.4 Å². The van der Waals surface area contributed by atoms with Crippen LogP contribution in [0.3, 0.4) is 0 Å². The van der Waals surface area contributed by atoms with Gasteiger partial charge in [0.05, 0.1) is 19.3 Å². The van der Waals surface area contributed by atoms with Gasteiger partial charge in [0.15, 0.2) is 5.96 Å². The number of guanidine groups is 1. The third-order valence-corrected chi connectivity index (χ3v) is 5.63. The van der Waals surface area contributed by atoms with E-state index in [2.05, 4.69) is 45.2 Å². The first kappa shape index (κ1) is 25.0. The number of rotatable bonds is 5. The van der Waals surface area contributed by atoms with Gasteiger partial charge in [-0.3, -0.25) is 9.67 Å². The fourth-order valence-electron chi connectivity index (χ4n) is 3.68. The van der Waals surface area contributed by atoms with Gasteiger partial charge >= 0.3 is 0 Å². The predicted octanol–water partition coefficient (Wildman–Crippen LogP) is 3.99. The van der Waals surface area contributed by atoms with Gasteiger partial charge in [-0.25, -0.2) is 4.98 Å². The molecule has 0 amide bonds. The van der Waals surface area contributed by atoms with E-state index in [9.17, 15) is 0 Å². The number of pyridine rings is 1. The molecule has 9 heteroatoms. The molecule has 1 fully saturated rings. The summed E-state index contributed by atoms with van der Waals surface area (Å²) in [6.07, 6.45) is 5.61. The van der Waals surface area contributed by atoms with Crippen molar-refractivity contribution in [3.8, 4) is 11.6 Å². The normalized spacial score (nSPS) is 16.3. The summed E-state index contributed by atoms with van der Waals surface area (Å²) in [5.41, 5.74) is 4.58. The molecule has 0 bridgehead atoms. The van der Waals surface area contributed by atoms with E-state index in [4.69, 9.17) is 9.47 Å². The predicted molar refractivity (Wildman–Crippen MR) is 139 cm³/mol. The van der Waals surface area contributed by atoms with Crippen LogP contribution in [-0.2, 0) is 18.3 Å². The maximum absolute atomic E-state index is 5.97. The lowest BCUT2D eigenvalue weighted by molar-refractivity contribution is -0.00805. The SMILES string of the molecule is CN=C(NCc1ccnc(Oc2ccc(C)c(C)c2)c1)N1CCOC(c2cnn(C)c2)C1.I. The lowest BCUT2D eigenvalue weighted by Crippen LogP contribution is -2.47. The highest BCUT2D eigenvalue weighted by Gasteiger charge is 2.25. The van der Waals surface area contributed by atoms with Crippen LogP contribution < -0.4 is 10.1 Å². The Morgan fingerprint density at radius 3 is 2.82 bits per heavy atom. The first-order valence-electron chi connectivity index (χ1n) is 10.8. The number of aryl methyl sites for hydroxylation is 3. The second-order valence-corrected chi connectivity index (χ2v) is 8.00. The van der Waals surface area contributed by atoms with Crippen molar-refractivity contribution in [2.24, 2.45) is 12.0 Å². The van der Waals surface area contributed by atoms with Crippen molar-refractivity contribution in [2.45, 2.75) is 26.5 Å². The van der Waals surface area contributed by atoms with Crippen LogP contribution in [0.15, 0.2) is 53.9 Å². The Kier molecular flexibility index (Phi) is 8.67. The Labute approximate surface area is 212 Å². The molecule has 176 valence electrons. The summed E-state index contributed by atoms with van der Waals surface area (Å²) >= 11 is 0. The number of ether oxygens (including phenoxy) is 2. The number of benzene rings is 1. The molecule has 8 nitrogen and oxygen atoms in total. The molecule has 1 N–H and O–H groups in total. The monoisotopic (exact) mass is 562 g/mol. The van der Waals surface area contributed by atoms with Gasteiger partial charge in [-0.1, -0.05) is 6.07 Å². The number of hydrogen-bond acceptors (Lipinski definition) is 5. The van der Waals surface area contributed by atoms with Crippen molar-refractivity contribution in [2.75, 3.05) is 26.7 Å². The molecule has 1 atom stereocenters. The Morgan fingerprint density at radius 1 is 1.24 bits per heavy atom. The zero-order valence-corrected chi connectivity index (χ0v) is 21.8. The van der Waals surface area contributed by atoms with Gasteiger partial charge in [-0.05, 0) is 48.7 Å². The highest BCUT2D eigenvalue weighted by Crippen LogP contribution is 2.23. The first-order chi connectivity index (χ1) is 15.5. The molecule has 3 aromatic rings. The molecule has 0 radical (unpaired) electrons. The van der Waals surface area contributed by atoms with Gasteiger partial charge in [-0.15, -0.1) is 24.0 Å². The zero-order chi connectivity index (χ0) is 22.5. The van der Waals surface area contributed by atoms with Crippen LogP contribution in [0.5, 0.6) is 11.6 Å². The Bertz CT molecular complexity index is 1100. The molecule has 1 aromatic carbocycles. The fraction of sp³-hybridized carbons (Fsp3) is 0.375. The van der Waals surface area contributed by atoms with Crippen LogP contribution in [0, 0.1) is 13.8 Å². The summed E-state index contributed by atoms with van der Waals surface area (Å²) in [6.45, 7) is 6.93. The van der Waals surface area contributed by atoms with Crippen molar-refractivity contribution in [3.05, 3.63) is 71.2 Å². The third kappa shape index (κ3) is 6.44. The minimum absolute atomic E-state index is 0. The lowest BCUT2D eigenvalue weighted by Gasteiger charge is -2.34. The molecule has 1 aliphatic heterocycles. The molecule has 1 saturated heterocycles. The highest BCUT2D eigenvalue weighted by molar-refractivity contribution is 14.0. The molecule has 1 aliphatic rings. The second-order valence-electron chi connectivity index (χ2n) is 8.00. The van der Waals surface area contributed by atoms with Gasteiger partial charge in [0.2, 0.25) is 5.88 Å². The molecule has 4 rings (SSSR count). The maximum Gasteiger partial charge on any atom is 0.219 e. The summed E-state index contributed by atoms with van der Waals surface area (Å²) in [4.78, 5) is 11.0. The highest BCUT2D eigenvalue weighted by atomic mass is 127. The fourth-order valence-corrected chi connectivity index (χ4v) is 3.68. The summed E-state index contributed by atoms with van der Waals surface area (Å²) in [7, 11) is 3.72. The molecule has 3 heterocycles. The van der Waals surface area contributed by atoms with Gasteiger partial charge < -0.3 is 19.7 Å². The van der Waals surface area contributed by atoms with E-state index in [0.29, 0.717) is 19.0 Å². The molecule has 0 spiro atoms. The molecule has 0 saturated carbocycles. The Balaban J connectivity index is 0.00000306. The van der Waals surface area contributed by atoms with Crippen LogP contribution in [0.2, 0.25) is 0 Å². The van der Waals surface area contributed by atoms with Crippen LogP contribution >= 0.6 is 24.0 Å². The average Bonchev–Trinajstić information content (AvgIpc) is 3.24. The second kappa shape index (κ2) is 11.5. The van der Waals surface area contributed by atoms with E-state index in [0.717, 1.165) is 35.9 Å². The molecule has 2 aromatic heterocycles.